The molecule has 0 aliphatic heterocycles. The molecule has 92 valence electrons. The third-order valence-corrected chi connectivity index (χ3v) is 2.73. The highest BCUT2D eigenvalue weighted by molar-refractivity contribution is 5.89. The summed E-state index contributed by atoms with van der Waals surface area (Å²) >= 11 is 0. The summed E-state index contributed by atoms with van der Waals surface area (Å²) in [4.78, 5) is 11.5. The van der Waals surface area contributed by atoms with Crippen molar-refractivity contribution in [1.29, 1.82) is 0 Å². The van der Waals surface area contributed by atoms with Crippen molar-refractivity contribution < 1.29 is 4.79 Å². The van der Waals surface area contributed by atoms with Gasteiger partial charge in [-0.05, 0) is 31.9 Å². The van der Waals surface area contributed by atoms with E-state index in [2.05, 4.69) is 16.0 Å². The Morgan fingerprint density at radius 1 is 1.24 bits per heavy atom. The summed E-state index contributed by atoms with van der Waals surface area (Å²) in [5, 5.41) is 8.95. The van der Waals surface area contributed by atoms with E-state index in [4.69, 9.17) is 0 Å². The van der Waals surface area contributed by atoms with Gasteiger partial charge in [0.05, 0.1) is 0 Å². The molecule has 17 heavy (non-hydrogen) atoms. The molecule has 2 rings (SSSR count). The SMILES string of the molecule is Cc1ccc(NC(=O)NCCNC2CC2)cc1. The van der Waals surface area contributed by atoms with Crippen LogP contribution in [0.15, 0.2) is 24.3 Å². The number of rotatable bonds is 5. The zero-order chi connectivity index (χ0) is 12.1. The highest BCUT2D eigenvalue weighted by Gasteiger charge is 2.19. The Labute approximate surface area is 102 Å². The van der Waals surface area contributed by atoms with Gasteiger partial charge in [-0.25, -0.2) is 4.79 Å². The van der Waals surface area contributed by atoms with Crippen molar-refractivity contribution in [3.05, 3.63) is 29.8 Å². The second-order valence-corrected chi connectivity index (χ2v) is 4.48. The molecule has 0 unspecified atom stereocenters. The molecule has 2 amide bonds. The summed E-state index contributed by atoms with van der Waals surface area (Å²) in [7, 11) is 0. The zero-order valence-corrected chi connectivity index (χ0v) is 10.1. The molecule has 1 aromatic rings. The van der Waals surface area contributed by atoms with Gasteiger partial charge in [0.25, 0.3) is 0 Å². The second kappa shape index (κ2) is 5.68. The van der Waals surface area contributed by atoms with Gasteiger partial charge in [-0.15, -0.1) is 0 Å². The maximum Gasteiger partial charge on any atom is 0.319 e. The van der Waals surface area contributed by atoms with Crippen LogP contribution in [0.5, 0.6) is 0 Å². The molecule has 3 N–H and O–H groups in total. The van der Waals surface area contributed by atoms with Crippen molar-refractivity contribution in [1.82, 2.24) is 10.6 Å². The number of amides is 2. The third-order valence-electron chi connectivity index (χ3n) is 2.73. The van der Waals surface area contributed by atoms with E-state index in [1.54, 1.807) is 0 Å². The Morgan fingerprint density at radius 2 is 1.94 bits per heavy atom. The lowest BCUT2D eigenvalue weighted by atomic mass is 10.2. The minimum atomic E-state index is -0.147. The average molecular weight is 233 g/mol. The lowest BCUT2D eigenvalue weighted by Gasteiger charge is -2.08. The number of hydrogen-bond acceptors (Lipinski definition) is 2. The van der Waals surface area contributed by atoms with Crippen LogP contribution in [-0.4, -0.2) is 25.2 Å². The highest BCUT2D eigenvalue weighted by Crippen LogP contribution is 2.17. The summed E-state index contributed by atoms with van der Waals surface area (Å²) in [6, 6.07) is 8.30. The summed E-state index contributed by atoms with van der Waals surface area (Å²) < 4.78 is 0. The number of benzene rings is 1. The van der Waals surface area contributed by atoms with Crippen molar-refractivity contribution in [3.63, 3.8) is 0 Å². The molecule has 0 saturated heterocycles. The first-order valence-electron chi connectivity index (χ1n) is 6.09. The number of anilines is 1. The Morgan fingerprint density at radius 3 is 2.59 bits per heavy atom. The van der Waals surface area contributed by atoms with Crippen LogP contribution in [0, 0.1) is 6.92 Å². The van der Waals surface area contributed by atoms with Crippen molar-refractivity contribution in [3.8, 4) is 0 Å². The minimum absolute atomic E-state index is 0.147. The normalized spacial score (nSPS) is 14.4. The van der Waals surface area contributed by atoms with Crippen molar-refractivity contribution in [2.45, 2.75) is 25.8 Å². The molecule has 0 atom stereocenters. The lowest BCUT2D eigenvalue weighted by molar-refractivity contribution is 0.252. The molecule has 1 fully saturated rings. The monoisotopic (exact) mass is 233 g/mol. The average Bonchev–Trinajstić information content (AvgIpc) is 3.12. The predicted octanol–water partition coefficient (Wildman–Crippen LogP) is 1.87. The van der Waals surface area contributed by atoms with Gasteiger partial charge in [0.2, 0.25) is 0 Å². The van der Waals surface area contributed by atoms with Gasteiger partial charge in [0.15, 0.2) is 0 Å². The molecular weight excluding hydrogens is 214 g/mol. The molecule has 0 bridgehead atoms. The minimum Gasteiger partial charge on any atom is -0.337 e. The zero-order valence-electron chi connectivity index (χ0n) is 10.1. The Bertz CT molecular complexity index is 371. The van der Waals surface area contributed by atoms with E-state index in [0.717, 1.165) is 12.2 Å². The topological polar surface area (TPSA) is 53.2 Å². The van der Waals surface area contributed by atoms with Crippen LogP contribution in [-0.2, 0) is 0 Å². The van der Waals surface area contributed by atoms with Crippen LogP contribution in [0.2, 0.25) is 0 Å². The fraction of sp³-hybridized carbons (Fsp3) is 0.462. The molecule has 0 aromatic heterocycles. The number of carbonyl (C=O) groups excluding carboxylic acids is 1. The van der Waals surface area contributed by atoms with Gasteiger partial charge in [-0.1, -0.05) is 17.7 Å². The fourth-order valence-electron chi connectivity index (χ4n) is 1.55. The molecule has 1 saturated carbocycles. The third kappa shape index (κ3) is 4.44. The predicted molar refractivity (Wildman–Crippen MR) is 69.2 cm³/mol. The number of hydrogen-bond donors (Lipinski definition) is 3. The van der Waals surface area contributed by atoms with Crippen LogP contribution in [0.3, 0.4) is 0 Å². The first kappa shape index (κ1) is 11.9. The van der Waals surface area contributed by atoms with Crippen LogP contribution < -0.4 is 16.0 Å². The van der Waals surface area contributed by atoms with Gasteiger partial charge in [-0.3, -0.25) is 0 Å². The number of urea groups is 1. The van der Waals surface area contributed by atoms with Gasteiger partial charge in [0, 0.05) is 24.8 Å². The van der Waals surface area contributed by atoms with Gasteiger partial charge in [-0.2, -0.15) is 0 Å². The fourth-order valence-corrected chi connectivity index (χ4v) is 1.55. The number of nitrogens with one attached hydrogen (secondary N) is 3. The highest BCUT2D eigenvalue weighted by atomic mass is 16.2. The summed E-state index contributed by atoms with van der Waals surface area (Å²) in [6.07, 6.45) is 2.55. The van der Waals surface area contributed by atoms with E-state index in [1.165, 1.54) is 18.4 Å². The van der Waals surface area contributed by atoms with Crippen molar-refractivity contribution in [2.24, 2.45) is 0 Å². The first-order valence-corrected chi connectivity index (χ1v) is 6.09. The Balaban J connectivity index is 1.63. The summed E-state index contributed by atoms with van der Waals surface area (Å²) in [5.74, 6) is 0. The molecule has 1 aliphatic rings. The summed E-state index contributed by atoms with van der Waals surface area (Å²) in [5.41, 5.74) is 2.01. The summed E-state index contributed by atoms with van der Waals surface area (Å²) in [6.45, 7) is 3.52. The molecule has 0 heterocycles. The molecule has 1 aromatic carbocycles. The van der Waals surface area contributed by atoms with E-state index >= 15 is 0 Å². The van der Waals surface area contributed by atoms with E-state index in [0.29, 0.717) is 12.6 Å². The van der Waals surface area contributed by atoms with E-state index in [1.807, 2.05) is 31.2 Å². The molecule has 0 spiro atoms. The van der Waals surface area contributed by atoms with Gasteiger partial charge in [0.1, 0.15) is 0 Å². The molecule has 1 aliphatic carbocycles. The molecule has 0 radical (unpaired) electrons. The van der Waals surface area contributed by atoms with E-state index in [-0.39, 0.29) is 6.03 Å². The molecule has 4 nitrogen and oxygen atoms in total. The first-order chi connectivity index (χ1) is 8.24. The van der Waals surface area contributed by atoms with E-state index in [9.17, 15) is 4.79 Å². The van der Waals surface area contributed by atoms with Crippen LogP contribution in [0.1, 0.15) is 18.4 Å². The second-order valence-electron chi connectivity index (χ2n) is 4.48. The van der Waals surface area contributed by atoms with Crippen molar-refractivity contribution in [2.75, 3.05) is 18.4 Å². The largest absolute Gasteiger partial charge is 0.337 e. The molecule has 4 heteroatoms. The Hall–Kier alpha value is -1.55. The Kier molecular flexibility index (Phi) is 3.98. The molecular formula is C13H19N3O. The van der Waals surface area contributed by atoms with Crippen LogP contribution in [0.25, 0.3) is 0 Å². The number of carbonyl (C=O) groups is 1. The number of aryl methyl sites for hydroxylation is 1. The van der Waals surface area contributed by atoms with Crippen molar-refractivity contribution >= 4 is 11.7 Å². The van der Waals surface area contributed by atoms with Gasteiger partial charge < -0.3 is 16.0 Å². The van der Waals surface area contributed by atoms with E-state index < -0.39 is 0 Å². The quantitative estimate of drug-likeness (QED) is 0.680. The van der Waals surface area contributed by atoms with Gasteiger partial charge >= 0.3 is 6.03 Å². The van der Waals surface area contributed by atoms with Crippen LogP contribution in [0.4, 0.5) is 10.5 Å². The lowest BCUT2D eigenvalue weighted by Crippen LogP contribution is -2.35. The van der Waals surface area contributed by atoms with Crippen LogP contribution >= 0.6 is 0 Å². The standard InChI is InChI=1S/C13H19N3O/c1-10-2-4-12(5-3-10)16-13(17)15-9-8-14-11-6-7-11/h2-5,11,14H,6-9H2,1H3,(H2,15,16,17). The smallest absolute Gasteiger partial charge is 0.319 e. The maximum absolute atomic E-state index is 11.5. The maximum atomic E-state index is 11.5.